The highest BCUT2D eigenvalue weighted by atomic mass is 16.6. The summed E-state index contributed by atoms with van der Waals surface area (Å²) in [6.45, 7) is 0. The Kier molecular flexibility index (Phi) is 1.91. The Hall–Kier alpha value is -1.53. The van der Waals surface area contributed by atoms with Crippen LogP contribution in [0.25, 0.3) is 0 Å². The number of epoxide rings is 1. The number of methoxy groups -OCH3 is 1. The molecule has 3 nitrogen and oxygen atoms in total. The topological polar surface area (TPSA) is 45.5 Å². The van der Waals surface area contributed by atoms with Gasteiger partial charge in [0.25, 0.3) is 0 Å². The van der Waals surface area contributed by atoms with Crippen molar-refractivity contribution >= 4 is 0 Å². The lowest BCUT2D eigenvalue weighted by Gasteiger charge is -1.99. The Morgan fingerprint density at radius 1 is 1.38 bits per heavy atom. The van der Waals surface area contributed by atoms with Crippen LogP contribution in [0.15, 0.2) is 24.3 Å². The van der Waals surface area contributed by atoms with Crippen molar-refractivity contribution in [2.45, 2.75) is 12.2 Å². The van der Waals surface area contributed by atoms with E-state index in [1.165, 1.54) is 0 Å². The van der Waals surface area contributed by atoms with Crippen LogP contribution in [-0.2, 0) is 4.74 Å². The summed E-state index contributed by atoms with van der Waals surface area (Å²) >= 11 is 0. The molecule has 1 aromatic carbocycles. The fourth-order valence-electron chi connectivity index (χ4n) is 1.26. The minimum absolute atomic E-state index is 0.0316. The Morgan fingerprint density at radius 3 is 2.54 bits per heavy atom. The number of nitrogens with zero attached hydrogens (tertiary/aromatic N) is 1. The highest BCUT2D eigenvalue weighted by Crippen LogP contribution is 2.38. The number of hydrogen-bond donors (Lipinski definition) is 0. The predicted octanol–water partition coefficient (Wildman–Crippen LogP) is 1.66. The van der Waals surface area contributed by atoms with Gasteiger partial charge in [-0.05, 0) is 17.7 Å². The second-order valence-corrected chi connectivity index (χ2v) is 2.88. The summed E-state index contributed by atoms with van der Waals surface area (Å²) in [4.78, 5) is 0. The van der Waals surface area contributed by atoms with Crippen LogP contribution in [-0.4, -0.2) is 13.2 Å². The van der Waals surface area contributed by atoms with E-state index < -0.39 is 0 Å². The van der Waals surface area contributed by atoms with Crippen molar-refractivity contribution in [2.24, 2.45) is 0 Å². The van der Waals surface area contributed by atoms with Gasteiger partial charge in [0.05, 0.1) is 13.2 Å². The molecule has 0 radical (unpaired) electrons. The molecule has 13 heavy (non-hydrogen) atoms. The van der Waals surface area contributed by atoms with Crippen molar-refractivity contribution < 1.29 is 9.47 Å². The molecular formula is C10H9NO2. The second-order valence-electron chi connectivity index (χ2n) is 2.88. The molecule has 1 aliphatic rings. The van der Waals surface area contributed by atoms with Crippen LogP contribution < -0.4 is 4.74 Å². The summed E-state index contributed by atoms with van der Waals surface area (Å²) in [5.74, 6) is 0.818. The van der Waals surface area contributed by atoms with Crippen molar-refractivity contribution in [1.82, 2.24) is 0 Å². The Labute approximate surface area is 76.5 Å². The molecule has 0 aromatic heterocycles. The molecule has 3 heteroatoms. The van der Waals surface area contributed by atoms with Gasteiger partial charge in [-0.3, -0.25) is 0 Å². The van der Waals surface area contributed by atoms with Gasteiger partial charge in [-0.25, -0.2) is 0 Å². The first-order chi connectivity index (χ1) is 6.35. The average molecular weight is 175 g/mol. The van der Waals surface area contributed by atoms with Crippen molar-refractivity contribution in [3.05, 3.63) is 29.8 Å². The third-order valence-corrected chi connectivity index (χ3v) is 2.06. The molecule has 1 heterocycles. The first-order valence-electron chi connectivity index (χ1n) is 4.04. The van der Waals surface area contributed by atoms with Crippen LogP contribution in [0.1, 0.15) is 11.7 Å². The van der Waals surface area contributed by atoms with Gasteiger partial charge < -0.3 is 9.47 Å². The molecule has 1 aromatic rings. The molecule has 0 bridgehead atoms. The Morgan fingerprint density at radius 2 is 2.08 bits per heavy atom. The van der Waals surface area contributed by atoms with Gasteiger partial charge in [0, 0.05) is 0 Å². The quantitative estimate of drug-likeness (QED) is 0.642. The number of ether oxygens (including phenoxy) is 2. The molecule has 2 rings (SSSR count). The third-order valence-electron chi connectivity index (χ3n) is 2.06. The van der Waals surface area contributed by atoms with E-state index in [-0.39, 0.29) is 12.2 Å². The molecule has 1 fully saturated rings. The zero-order chi connectivity index (χ0) is 9.26. The first-order valence-corrected chi connectivity index (χ1v) is 4.04. The van der Waals surface area contributed by atoms with E-state index in [4.69, 9.17) is 14.7 Å². The summed E-state index contributed by atoms with van der Waals surface area (Å²) in [5.41, 5.74) is 1.03. The molecule has 0 amide bonds. The molecule has 0 N–H and O–H groups in total. The molecule has 66 valence electrons. The van der Waals surface area contributed by atoms with Gasteiger partial charge in [-0.15, -0.1) is 0 Å². The highest BCUT2D eigenvalue weighted by Gasteiger charge is 2.40. The normalized spacial score (nSPS) is 24.9. The van der Waals surface area contributed by atoms with Crippen molar-refractivity contribution in [3.8, 4) is 11.8 Å². The lowest BCUT2D eigenvalue weighted by atomic mass is 10.1. The van der Waals surface area contributed by atoms with E-state index in [1.54, 1.807) is 7.11 Å². The summed E-state index contributed by atoms with van der Waals surface area (Å²) in [5, 5.41) is 8.54. The van der Waals surface area contributed by atoms with Gasteiger partial charge in [0.15, 0.2) is 6.10 Å². The predicted molar refractivity (Wildman–Crippen MR) is 46.2 cm³/mol. The largest absolute Gasteiger partial charge is 0.497 e. The smallest absolute Gasteiger partial charge is 0.175 e. The summed E-state index contributed by atoms with van der Waals surface area (Å²) in [6.07, 6.45) is -0.288. The minimum atomic E-state index is -0.256. The maximum atomic E-state index is 8.54. The number of nitriles is 1. The molecule has 0 unspecified atom stereocenters. The maximum absolute atomic E-state index is 8.54. The zero-order valence-corrected chi connectivity index (χ0v) is 7.23. The lowest BCUT2D eigenvalue weighted by molar-refractivity contribution is 0.395. The standard InChI is InChI=1S/C10H9NO2/c1-12-8-4-2-7(3-5-8)10-9(6-11)13-10/h2-5,9-10H,1H3/t9-,10+/m1/s1. The van der Waals surface area contributed by atoms with E-state index >= 15 is 0 Å². The van der Waals surface area contributed by atoms with Crippen LogP contribution in [0, 0.1) is 11.3 Å². The van der Waals surface area contributed by atoms with E-state index in [9.17, 15) is 0 Å². The number of rotatable bonds is 2. The first kappa shape index (κ1) is 8.09. The van der Waals surface area contributed by atoms with E-state index in [1.807, 2.05) is 24.3 Å². The molecule has 0 saturated carbocycles. The molecular weight excluding hydrogens is 166 g/mol. The van der Waals surface area contributed by atoms with Crippen LogP contribution in [0.4, 0.5) is 0 Å². The Balaban J connectivity index is 2.12. The SMILES string of the molecule is COc1ccc([C@@H]2O[C@@H]2C#N)cc1. The monoisotopic (exact) mass is 175 g/mol. The molecule has 1 aliphatic heterocycles. The van der Waals surface area contributed by atoms with Crippen LogP contribution in [0.3, 0.4) is 0 Å². The molecule has 2 atom stereocenters. The van der Waals surface area contributed by atoms with E-state index in [0.29, 0.717) is 0 Å². The van der Waals surface area contributed by atoms with Crippen molar-refractivity contribution in [2.75, 3.05) is 7.11 Å². The van der Waals surface area contributed by atoms with Gasteiger partial charge in [-0.1, -0.05) is 12.1 Å². The summed E-state index contributed by atoms with van der Waals surface area (Å²) < 4.78 is 10.1. The summed E-state index contributed by atoms with van der Waals surface area (Å²) in [6, 6.07) is 9.63. The van der Waals surface area contributed by atoms with Crippen LogP contribution in [0.2, 0.25) is 0 Å². The van der Waals surface area contributed by atoms with Crippen molar-refractivity contribution in [1.29, 1.82) is 5.26 Å². The van der Waals surface area contributed by atoms with Crippen LogP contribution in [0.5, 0.6) is 5.75 Å². The van der Waals surface area contributed by atoms with Gasteiger partial charge in [0.1, 0.15) is 11.9 Å². The molecule has 1 saturated heterocycles. The van der Waals surface area contributed by atoms with E-state index in [0.717, 1.165) is 11.3 Å². The van der Waals surface area contributed by atoms with E-state index in [2.05, 4.69) is 6.07 Å². The lowest BCUT2D eigenvalue weighted by Crippen LogP contribution is -1.86. The zero-order valence-electron chi connectivity index (χ0n) is 7.23. The summed E-state index contributed by atoms with van der Waals surface area (Å²) in [7, 11) is 1.63. The average Bonchev–Trinajstić information content (AvgIpc) is 2.97. The second kappa shape index (κ2) is 3.08. The number of benzene rings is 1. The minimum Gasteiger partial charge on any atom is -0.497 e. The Bertz CT molecular complexity index is 339. The fraction of sp³-hybridized carbons (Fsp3) is 0.300. The number of hydrogen-bond acceptors (Lipinski definition) is 3. The highest BCUT2D eigenvalue weighted by molar-refractivity contribution is 5.32. The van der Waals surface area contributed by atoms with Crippen LogP contribution >= 0.6 is 0 Å². The fourth-order valence-corrected chi connectivity index (χ4v) is 1.26. The molecule has 0 spiro atoms. The van der Waals surface area contributed by atoms with Gasteiger partial charge in [0.2, 0.25) is 0 Å². The molecule has 0 aliphatic carbocycles. The van der Waals surface area contributed by atoms with Gasteiger partial charge in [-0.2, -0.15) is 5.26 Å². The van der Waals surface area contributed by atoms with Gasteiger partial charge >= 0.3 is 0 Å². The maximum Gasteiger partial charge on any atom is 0.175 e. The third kappa shape index (κ3) is 1.49. The van der Waals surface area contributed by atoms with Crippen molar-refractivity contribution in [3.63, 3.8) is 0 Å².